The van der Waals surface area contributed by atoms with Crippen molar-refractivity contribution in [3.8, 4) is 62.1 Å². The zero-order chi connectivity index (χ0) is 37.0. The van der Waals surface area contributed by atoms with Crippen molar-refractivity contribution < 1.29 is 0 Å². The molecule has 4 nitrogen and oxygen atoms in total. The lowest BCUT2D eigenvalue weighted by molar-refractivity contribution is 1.07. The van der Waals surface area contributed by atoms with Crippen LogP contribution in [0, 0.1) is 0 Å². The van der Waals surface area contributed by atoms with Gasteiger partial charge in [0.2, 0.25) is 0 Å². The molecule has 0 amide bonds. The molecule has 11 rings (SSSR count). The fourth-order valence-corrected chi connectivity index (χ4v) is 9.06. The summed E-state index contributed by atoms with van der Waals surface area (Å²) in [6, 6.07) is 68.6. The second-order valence-electron chi connectivity index (χ2n) is 14.1. The molecule has 0 N–H and O–H groups in total. The van der Waals surface area contributed by atoms with Crippen LogP contribution >= 0.6 is 11.3 Å². The van der Waals surface area contributed by atoms with Crippen LogP contribution in [-0.2, 0) is 0 Å². The van der Waals surface area contributed by atoms with E-state index in [0.29, 0.717) is 17.5 Å². The fraction of sp³-hybridized carbons (Fsp3) is 0. The van der Waals surface area contributed by atoms with Crippen molar-refractivity contribution in [2.75, 3.05) is 0 Å². The molecule has 0 saturated carbocycles. The standard InChI is InChI=1S/C51H32N4S/c1-2-11-33(12-3-1)34-21-23-35(24-22-34)36-25-27-37(28-26-36)49-52-50(54-51(53-49)39-29-30-44-43-17-6-9-20-47(43)56-48(44)32-39)38-13-10-14-40(31-38)55-45-18-7-4-15-41(45)42-16-5-8-19-46(42)55/h1-32H. The summed E-state index contributed by atoms with van der Waals surface area (Å²) in [5.41, 5.74) is 10.9. The van der Waals surface area contributed by atoms with Crippen molar-refractivity contribution in [1.29, 1.82) is 0 Å². The van der Waals surface area contributed by atoms with Gasteiger partial charge in [0.15, 0.2) is 17.5 Å². The first kappa shape index (κ1) is 32.2. The van der Waals surface area contributed by atoms with E-state index < -0.39 is 0 Å². The average Bonchev–Trinajstić information content (AvgIpc) is 3.82. The van der Waals surface area contributed by atoms with Crippen molar-refractivity contribution >= 4 is 53.3 Å². The van der Waals surface area contributed by atoms with Crippen molar-refractivity contribution in [3.05, 3.63) is 194 Å². The van der Waals surface area contributed by atoms with Gasteiger partial charge in [-0.05, 0) is 58.7 Å². The van der Waals surface area contributed by atoms with E-state index in [4.69, 9.17) is 15.0 Å². The predicted molar refractivity (Wildman–Crippen MR) is 234 cm³/mol. The zero-order valence-electron chi connectivity index (χ0n) is 30.2. The Balaban J connectivity index is 1.03. The third-order valence-corrected chi connectivity index (χ3v) is 11.8. The molecule has 11 aromatic rings. The Hall–Kier alpha value is -7.21. The Kier molecular flexibility index (Phi) is 7.64. The monoisotopic (exact) mass is 732 g/mol. The Bertz CT molecular complexity index is 3180. The van der Waals surface area contributed by atoms with Gasteiger partial charge in [0.25, 0.3) is 0 Å². The van der Waals surface area contributed by atoms with Gasteiger partial charge in [-0.15, -0.1) is 11.3 Å². The second-order valence-corrected chi connectivity index (χ2v) is 15.1. The van der Waals surface area contributed by atoms with Gasteiger partial charge < -0.3 is 4.57 Å². The number of hydrogen-bond donors (Lipinski definition) is 0. The van der Waals surface area contributed by atoms with Gasteiger partial charge >= 0.3 is 0 Å². The Morgan fingerprint density at radius 2 is 0.750 bits per heavy atom. The maximum absolute atomic E-state index is 5.18. The lowest BCUT2D eigenvalue weighted by Crippen LogP contribution is -2.01. The SMILES string of the molecule is c1ccc(-c2ccc(-c3ccc(-c4nc(-c5cccc(-n6c7ccccc7c7ccccc76)c5)nc(-c5ccc6c(c5)sc5ccccc56)n4)cc3)cc2)cc1. The maximum atomic E-state index is 5.18. The number of hydrogen-bond acceptors (Lipinski definition) is 4. The highest BCUT2D eigenvalue weighted by atomic mass is 32.1. The quantitative estimate of drug-likeness (QED) is 0.171. The molecule has 0 saturated heterocycles. The van der Waals surface area contributed by atoms with E-state index in [0.717, 1.165) is 44.5 Å². The number of thiophene rings is 1. The minimum absolute atomic E-state index is 0.629. The van der Waals surface area contributed by atoms with Gasteiger partial charge in [-0.2, -0.15) is 0 Å². The van der Waals surface area contributed by atoms with Gasteiger partial charge in [0, 0.05) is 53.3 Å². The lowest BCUT2D eigenvalue weighted by atomic mass is 9.99. The van der Waals surface area contributed by atoms with Gasteiger partial charge in [0.1, 0.15) is 0 Å². The maximum Gasteiger partial charge on any atom is 0.164 e. The average molecular weight is 733 g/mol. The lowest BCUT2D eigenvalue weighted by Gasteiger charge is -2.12. The van der Waals surface area contributed by atoms with Crippen LogP contribution in [0.25, 0.3) is 104 Å². The molecule has 3 heterocycles. The molecular formula is C51H32N4S. The predicted octanol–water partition coefficient (Wildman–Crippen LogP) is 13.7. The van der Waals surface area contributed by atoms with Crippen LogP contribution in [0.4, 0.5) is 0 Å². The van der Waals surface area contributed by atoms with Crippen LogP contribution in [0.2, 0.25) is 0 Å². The molecule has 3 aromatic heterocycles. The molecule has 0 aliphatic rings. The summed E-state index contributed by atoms with van der Waals surface area (Å²) in [5.74, 6) is 1.91. The van der Waals surface area contributed by atoms with Crippen LogP contribution in [0.5, 0.6) is 0 Å². The van der Waals surface area contributed by atoms with Crippen molar-refractivity contribution in [3.63, 3.8) is 0 Å². The number of fused-ring (bicyclic) bond motifs is 6. The summed E-state index contributed by atoms with van der Waals surface area (Å²) < 4.78 is 4.81. The molecule has 0 unspecified atom stereocenters. The molecule has 56 heavy (non-hydrogen) atoms. The largest absolute Gasteiger partial charge is 0.309 e. The Morgan fingerprint density at radius 1 is 0.304 bits per heavy atom. The summed E-state index contributed by atoms with van der Waals surface area (Å²) in [6.45, 7) is 0. The van der Waals surface area contributed by atoms with E-state index in [-0.39, 0.29) is 0 Å². The van der Waals surface area contributed by atoms with Gasteiger partial charge in [-0.1, -0.05) is 158 Å². The van der Waals surface area contributed by atoms with Crippen LogP contribution in [-0.4, -0.2) is 19.5 Å². The molecule has 0 radical (unpaired) electrons. The van der Waals surface area contributed by atoms with E-state index in [1.54, 1.807) is 11.3 Å². The van der Waals surface area contributed by atoms with Gasteiger partial charge in [-0.25, -0.2) is 15.0 Å². The molecule has 8 aromatic carbocycles. The molecule has 262 valence electrons. The number of rotatable bonds is 6. The summed E-state index contributed by atoms with van der Waals surface area (Å²) in [7, 11) is 0. The highest BCUT2D eigenvalue weighted by Crippen LogP contribution is 2.37. The third kappa shape index (κ3) is 5.56. The van der Waals surface area contributed by atoms with Crippen LogP contribution in [0.3, 0.4) is 0 Å². The number of aromatic nitrogens is 4. The van der Waals surface area contributed by atoms with Crippen molar-refractivity contribution in [2.24, 2.45) is 0 Å². The van der Waals surface area contributed by atoms with Crippen LogP contribution < -0.4 is 0 Å². The smallest absolute Gasteiger partial charge is 0.164 e. The molecule has 0 atom stereocenters. The summed E-state index contributed by atoms with van der Waals surface area (Å²) in [4.78, 5) is 15.5. The number of para-hydroxylation sites is 2. The molecule has 0 spiro atoms. The molecule has 0 aliphatic heterocycles. The fourth-order valence-electron chi connectivity index (χ4n) is 7.91. The van der Waals surface area contributed by atoms with Gasteiger partial charge in [0.05, 0.1) is 11.0 Å². The molecule has 5 heteroatoms. The normalized spacial score (nSPS) is 11.6. The van der Waals surface area contributed by atoms with Gasteiger partial charge in [-0.3, -0.25) is 0 Å². The van der Waals surface area contributed by atoms with Crippen LogP contribution in [0.1, 0.15) is 0 Å². The number of benzene rings is 8. The summed E-state index contributed by atoms with van der Waals surface area (Å²) >= 11 is 1.80. The van der Waals surface area contributed by atoms with E-state index in [2.05, 4.69) is 193 Å². The second kappa shape index (κ2) is 13.3. The number of nitrogens with zero attached hydrogens (tertiary/aromatic N) is 4. The minimum atomic E-state index is 0.629. The van der Waals surface area contributed by atoms with Crippen molar-refractivity contribution in [1.82, 2.24) is 19.5 Å². The summed E-state index contributed by atoms with van der Waals surface area (Å²) in [6.07, 6.45) is 0. The molecule has 0 aliphatic carbocycles. The molecule has 0 fully saturated rings. The summed E-state index contributed by atoms with van der Waals surface area (Å²) in [5, 5.41) is 4.97. The Morgan fingerprint density at radius 3 is 1.39 bits per heavy atom. The highest BCUT2D eigenvalue weighted by molar-refractivity contribution is 7.25. The van der Waals surface area contributed by atoms with E-state index in [9.17, 15) is 0 Å². The van der Waals surface area contributed by atoms with E-state index >= 15 is 0 Å². The zero-order valence-corrected chi connectivity index (χ0v) is 31.0. The topological polar surface area (TPSA) is 43.6 Å². The third-order valence-electron chi connectivity index (χ3n) is 10.7. The molecular weight excluding hydrogens is 701 g/mol. The van der Waals surface area contributed by atoms with E-state index in [1.165, 1.54) is 42.1 Å². The minimum Gasteiger partial charge on any atom is -0.309 e. The van der Waals surface area contributed by atoms with Crippen molar-refractivity contribution in [2.45, 2.75) is 0 Å². The first-order valence-electron chi connectivity index (χ1n) is 18.8. The molecule has 0 bridgehead atoms. The Labute approximate surface area is 327 Å². The first-order valence-corrected chi connectivity index (χ1v) is 19.6. The first-order chi connectivity index (χ1) is 27.7. The highest BCUT2D eigenvalue weighted by Gasteiger charge is 2.17. The van der Waals surface area contributed by atoms with Crippen LogP contribution in [0.15, 0.2) is 194 Å². The van der Waals surface area contributed by atoms with E-state index in [1.807, 2.05) is 6.07 Å².